The molecule has 7 heteroatoms. The third-order valence-corrected chi connectivity index (χ3v) is 5.95. The molecule has 0 bridgehead atoms. The first kappa shape index (κ1) is 15.9. The van der Waals surface area contributed by atoms with E-state index in [0.29, 0.717) is 0 Å². The van der Waals surface area contributed by atoms with Gasteiger partial charge in [-0.15, -0.1) is 11.3 Å². The Morgan fingerprint density at radius 1 is 1.24 bits per heavy atom. The molecule has 0 fully saturated rings. The van der Waals surface area contributed by atoms with Gasteiger partial charge in [-0.05, 0) is 51.0 Å². The molecule has 0 amide bonds. The smallest absolute Gasteiger partial charge is 0.243 e. The van der Waals surface area contributed by atoms with E-state index in [2.05, 4.69) is 9.71 Å². The Hall–Kier alpha value is -1.44. The number of thiazole rings is 1. The van der Waals surface area contributed by atoms with Crippen LogP contribution in [0.3, 0.4) is 0 Å². The number of nitrogen functional groups attached to an aromatic ring is 1. The molecule has 0 saturated heterocycles. The monoisotopic (exact) mass is 325 g/mol. The maximum atomic E-state index is 12.5. The highest BCUT2D eigenvalue weighted by molar-refractivity contribution is 7.89. The summed E-state index contributed by atoms with van der Waals surface area (Å²) in [5, 5.41) is 0.735. The molecule has 114 valence electrons. The standard InChI is InChI=1S/C14H19N3O2S2/c1-8-5-12(15)13(6-9(8)2)21(18,19)17-11(4)14-16-7-10(3)20-14/h5-7,11,17H,15H2,1-4H3. The highest BCUT2D eigenvalue weighted by Crippen LogP contribution is 2.25. The maximum absolute atomic E-state index is 12.5. The number of aromatic nitrogens is 1. The third-order valence-electron chi connectivity index (χ3n) is 3.26. The van der Waals surface area contributed by atoms with Gasteiger partial charge >= 0.3 is 0 Å². The van der Waals surface area contributed by atoms with Gasteiger partial charge in [0.1, 0.15) is 9.90 Å². The van der Waals surface area contributed by atoms with Gasteiger partial charge < -0.3 is 5.73 Å². The normalized spacial score (nSPS) is 13.3. The minimum atomic E-state index is -3.68. The van der Waals surface area contributed by atoms with Gasteiger partial charge in [0.15, 0.2) is 0 Å². The van der Waals surface area contributed by atoms with Crippen molar-refractivity contribution in [1.82, 2.24) is 9.71 Å². The van der Waals surface area contributed by atoms with E-state index < -0.39 is 16.1 Å². The minimum absolute atomic E-state index is 0.116. The zero-order valence-electron chi connectivity index (χ0n) is 12.5. The molecule has 1 unspecified atom stereocenters. The number of hydrogen-bond donors (Lipinski definition) is 2. The molecule has 21 heavy (non-hydrogen) atoms. The molecule has 0 aliphatic rings. The number of nitrogens with two attached hydrogens (primary N) is 1. The molecule has 0 aliphatic carbocycles. The van der Waals surface area contributed by atoms with Gasteiger partial charge in [0.2, 0.25) is 10.0 Å². The van der Waals surface area contributed by atoms with Crippen molar-refractivity contribution in [1.29, 1.82) is 0 Å². The second-order valence-electron chi connectivity index (χ2n) is 5.13. The van der Waals surface area contributed by atoms with Gasteiger partial charge in [0, 0.05) is 11.1 Å². The summed E-state index contributed by atoms with van der Waals surface area (Å²) in [6, 6.07) is 2.89. The molecule has 1 atom stereocenters. The quantitative estimate of drug-likeness (QED) is 0.846. The fraction of sp³-hybridized carbons (Fsp3) is 0.357. The predicted molar refractivity (Wildman–Crippen MR) is 85.9 cm³/mol. The van der Waals surface area contributed by atoms with Crippen molar-refractivity contribution >= 4 is 27.0 Å². The van der Waals surface area contributed by atoms with Gasteiger partial charge in [-0.25, -0.2) is 18.1 Å². The molecule has 1 aromatic carbocycles. The predicted octanol–water partition coefficient (Wildman–Crippen LogP) is 2.69. The summed E-state index contributed by atoms with van der Waals surface area (Å²) in [4.78, 5) is 5.37. The number of rotatable bonds is 4. The van der Waals surface area contributed by atoms with E-state index in [4.69, 9.17) is 5.73 Å². The second-order valence-corrected chi connectivity index (χ2v) is 8.08. The molecule has 2 aromatic rings. The highest BCUT2D eigenvalue weighted by atomic mass is 32.2. The van der Waals surface area contributed by atoms with Crippen LogP contribution in [-0.4, -0.2) is 13.4 Å². The first-order valence-electron chi connectivity index (χ1n) is 6.52. The molecule has 0 saturated carbocycles. The van der Waals surface area contributed by atoms with Crippen molar-refractivity contribution in [2.45, 2.75) is 38.6 Å². The lowest BCUT2D eigenvalue weighted by Gasteiger charge is -2.14. The van der Waals surface area contributed by atoms with Crippen LogP contribution in [-0.2, 0) is 10.0 Å². The zero-order chi connectivity index (χ0) is 15.8. The van der Waals surface area contributed by atoms with Crippen molar-refractivity contribution in [2.24, 2.45) is 0 Å². The highest BCUT2D eigenvalue weighted by Gasteiger charge is 2.22. The topological polar surface area (TPSA) is 85.1 Å². The molecule has 1 heterocycles. The first-order valence-corrected chi connectivity index (χ1v) is 8.82. The van der Waals surface area contributed by atoms with Crippen molar-refractivity contribution in [3.05, 3.63) is 39.3 Å². The first-order chi connectivity index (χ1) is 9.70. The van der Waals surface area contributed by atoms with E-state index in [9.17, 15) is 8.42 Å². The second kappa shape index (κ2) is 5.75. The number of sulfonamides is 1. The summed E-state index contributed by atoms with van der Waals surface area (Å²) in [5.41, 5.74) is 7.98. The largest absolute Gasteiger partial charge is 0.398 e. The molecule has 0 radical (unpaired) electrons. The average molecular weight is 325 g/mol. The van der Waals surface area contributed by atoms with Crippen molar-refractivity contribution in [3.63, 3.8) is 0 Å². The molecular weight excluding hydrogens is 306 g/mol. The van der Waals surface area contributed by atoms with Crippen LogP contribution in [0.15, 0.2) is 23.2 Å². The summed E-state index contributed by atoms with van der Waals surface area (Å²) in [5.74, 6) is 0. The number of benzene rings is 1. The summed E-state index contributed by atoms with van der Waals surface area (Å²) < 4.78 is 27.6. The number of anilines is 1. The van der Waals surface area contributed by atoms with Crippen LogP contribution in [0.5, 0.6) is 0 Å². The molecule has 3 N–H and O–H groups in total. The third kappa shape index (κ3) is 3.42. The Kier molecular flexibility index (Phi) is 4.36. The number of hydrogen-bond acceptors (Lipinski definition) is 5. The van der Waals surface area contributed by atoms with E-state index in [-0.39, 0.29) is 10.6 Å². The molecule has 0 aliphatic heterocycles. The lowest BCUT2D eigenvalue weighted by Crippen LogP contribution is -2.27. The van der Waals surface area contributed by atoms with E-state index >= 15 is 0 Å². The van der Waals surface area contributed by atoms with Crippen molar-refractivity contribution in [3.8, 4) is 0 Å². The molecule has 0 spiro atoms. The fourth-order valence-electron chi connectivity index (χ4n) is 1.96. The van der Waals surface area contributed by atoms with E-state index in [1.165, 1.54) is 11.3 Å². The SMILES string of the molecule is Cc1cnc(C(C)NS(=O)(=O)c2cc(C)c(C)cc2N)s1. The summed E-state index contributed by atoms with van der Waals surface area (Å²) >= 11 is 1.47. The Labute approximate surface area is 129 Å². The minimum Gasteiger partial charge on any atom is -0.398 e. The van der Waals surface area contributed by atoms with Gasteiger partial charge in [-0.3, -0.25) is 0 Å². The van der Waals surface area contributed by atoms with E-state index in [1.807, 2.05) is 20.8 Å². The van der Waals surface area contributed by atoms with Crippen LogP contribution >= 0.6 is 11.3 Å². The Balaban J connectivity index is 2.32. The maximum Gasteiger partial charge on any atom is 0.243 e. The number of nitrogens with zero attached hydrogens (tertiary/aromatic N) is 1. The van der Waals surface area contributed by atoms with Crippen molar-refractivity contribution < 1.29 is 8.42 Å². The molecule has 2 rings (SSSR count). The van der Waals surface area contributed by atoms with Crippen LogP contribution in [0.2, 0.25) is 0 Å². The van der Waals surface area contributed by atoms with Gasteiger partial charge in [-0.1, -0.05) is 0 Å². The number of aryl methyl sites for hydroxylation is 3. The van der Waals surface area contributed by atoms with E-state index in [0.717, 1.165) is 21.0 Å². The molecular formula is C14H19N3O2S2. The van der Waals surface area contributed by atoms with Crippen LogP contribution in [0, 0.1) is 20.8 Å². The molecule has 5 nitrogen and oxygen atoms in total. The van der Waals surface area contributed by atoms with E-state index in [1.54, 1.807) is 25.3 Å². The zero-order valence-corrected chi connectivity index (χ0v) is 14.1. The Morgan fingerprint density at radius 3 is 2.43 bits per heavy atom. The summed E-state index contributed by atoms with van der Waals surface area (Å²) in [7, 11) is -3.68. The van der Waals surface area contributed by atoms with Crippen LogP contribution in [0.1, 0.15) is 34.0 Å². The van der Waals surface area contributed by atoms with Crippen molar-refractivity contribution in [2.75, 3.05) is 5.73 Å². The van der Waals surface area contributed by atoms with Crippen LogP contribution in [0.25, 0.3) is 0 Å². The van der Waals surface area contributed by atoms with Crippen LogP contribution in [0.4, 0.5) is 5.69 Å². The fourth-order valence-corrected chi connectivity index (χ4v) is 4.22. The summed E-state index contributed by atoms with van der Waals surface area (Å²) in [6.07, 6.45) is 1.73. The Morgan fingerprint density at radius 2 is 1.86 bits per heavy atom. The van der Waals surface area contributed by atoms with Gasteiger partial charge in [0.25, 0.3) is 0 Å². The average Bonchev–Trinajstić information content (AvgIpc) is 2.80. The Bertz CT molecular complexity index is 767. The summed E-state index contributed by atoms with van der Waals surface area (Å²) in [6.45, 7) is 7.47. The lowest BCUT2D eigenvalue weighted by atomic mass is 10.1. The van der Waals surface area contributed by atoms with Gasteiger partial charge in [-0.2, -0.15) is 0 Å². The van der Waals surface area contributed by atoms with Gasteiger partial charge in [0.05, 0.1) is 11.7 Å². The number of nitrogens with one attached hydrogen (secondary N) is 1. The molecule has 1 aromatic heterocycles. The lowest BCUT2D eigenvalue weighted by molar-refractivity contribution is 0.566. The van der Waals surface area contributed by atoms with Crippen LogP contribution < -0.4 is 10.5 Å².